The number of ether oxygens (including phenoxy) is 2. The minimum absolute atomic E-state index is 0.00795. The minimum Gasteiger partial charge on any atom is -0.489 e. The SMILES string of the molecule is CCN(C)C[C@H](C)Oc1cccc2ncnc(Nc3ccc(OCc4ccccn4)c(Cl)c3)c12. The summed E-state index contributed by atoms with van der Waals surface area (Å²) in [6, 6.07) is 17.1. The molecule has 0 fully saturated rings. The summed E-state index contributed by atoms with van der Waals surface area (Å²) in [4.78, 5) is 15.4. The van der Waals surface area contributed by atoms with Gasteiger partial charge in [0.25, 0.3) is 0 Å². The maximum absolute atomic E-state index is 6.49. The molecule has 34 heavy (non-hydrogen) atoms. The van der Waals surface area contributed by atoms with Crippen LogP contribution in [0.2, 0.25) is 5.02 Å². The lowest BCUT2D eigenvalue weighted by atomic mass is 10.2. The van der Waals surface area contributed by atoms with E-state index in [1.165, 1.54) is 6.33 Å². The van der Waals surface area contributed by atoms with Crippen LogP contribution in [0.3, 0.4) is 0 Å². The van der Waals surface area contributed by atoms with Crippen LogP contribution >= 0.6 is 11.6 Å². The molecule has 2 aromatic carbocycles. The van der Waals surface area contributed by atoms with Gasteiger partial charge in [-0.25, -0.2) is 9.97 Å². The van der Waals surface area contributed by atoms with Crippen molar-refractivity contribution < 1.29 is 9.47 Å². The first-order chi connectivity index (χ1) is 16.5. The molecular formula is C26H28ClN5O2. The zero-order valence-corrected chi connectivity index (χ0v) is 20.3. The summed E-state index contributed by atoms with van der Waals surface area (Å²) >= 11 is 6.49. The molecule has 1 N–H and O–H groups in total. The monoisotopic (exact) mass is 477 g/mol. The standard InChI is InChI=1S/C26H28ClN5O2/c1-4-32(3)15-18(2)34-24-10-7-9-22-25(24)26(30-17-29-22)31-19-11-12-23(21(27)14-19)33-16-20-8-5-6-13-28-20/h5-14,17-18H,4,15-16H2,1-3H3,(H,29,30,31)/t18-/m0/s1. The van der Waals surface area contributed by atoms with Gasteiger partial charge in [0.05, 0.1) is 21.6 Å². The Morgan fingerprint density at radius 1 is 1.03 bits per heavy atom. The van der Waals surface area contributed by atoms with Gasteiger partial charge in [-0.15, -0.1) is 0 Å². The number of nitrogens with zero attached hydrogens (tertiary/aromatic N) is 4. The fourth-order valence-corrected chi connectivity index (χ4v) is 3.80. The largest absolute Gasteiger partial charge is 0.489 e. The molecule has 4 aromatic rings. The average molecular weight is 478 g/mol. The molecule has 0 spiro atoms. The Bertz CT molecular complexity index is 1230. The van der Waals surface area contributed by atoms with Gasteiger partial charge in [0.1, 0.15) is 36.4 Å². The number of pyridine rings is 1. The topological polar surface area (TPSA) is 72.4 Å². The van der Waals surface area contributed by atoms with Gasteiger partial charge in [0.2, 0.25) is 0 Å². The Morgan fingerprint density at radius 2 is 1.91 bits per heavy atom. The Morgan fingerprint density at radius 3 is 2.68 bits per heavy atom. The Labute approximate surface area is 204 Å². The highest BCUT2D eigenvalue weighted by Crippen LogP contribution is 2.34. The van der Waals surface area contributed by atoms with Crippen molar-refractivity contribution in [2.45, 2.75) is 26.6 Å². The molecule has 0 aliphatic heterocycles. The van der Waals surface area contributed by atoms with Gasteiger partial charge in [-0.2, -0.15) is 0 Å². The highest BCUT2D eigenvalue weighted by molar-refractivity contribution is 6.32. The summed E-state index contributed by atoms with van der Waals surface area (Å²) in [5.74, 6) is 1.97. The van der Waals surface area contributed by atoms with Crippen LogP contribution in [0, 0.1) is 0 Å². The lowest BCUT2D eigenvalue weighted by molar-refractivity contribution is 0.168. The number of benzene rings is 2. The second kappa shape index (κ2) is 11.1. The minimum atomic E-state index is 0.00795. The molecule has 7 nitrogen and oxygen atoms in total. The van der Waals surface area contributed by atoms with Gasteiger partial charge < -0.3 is 19.7 Å². The van der Waals surface area contributed by atoms with Gasteiger partial charge in [-0.3, -0.25) is 4.98 Å². The predicted octanol–water partition coefficient (Wildman–Crippen LogP) is 5.72. The summed E-state index contributed by atoms with van der Waals surface area (Å²) in [6.45, 7) is 6.31. The Hall–Kier alpha value is -3.42. The van der Waals surface area contributed by atoms with Gasteiger partial charge >= 0.3 is 0 Å². The molecule has 0 saturated heterocycles. The van der Waals surface area contributed by atoms with Crippen LogP contribution < -0.4 is 14.8 Å². The van der Waals surface area contributed by atoms with Gasteiger partial charge in [-0.1, -0.05) is 30.7 Å². The van der Waals surface area contributed by atoms with Crippen LogP contribution in [-0.4, -0.2) is 46.1 Å². The Balaban J connectivity index is 1.54. The number of aromatic nitrogens is 3. The van der Waals surface area contributed by atoms with E-state index in [1.54, 1.807) is 6.20 Å². The van der Waals surface area contributed by atoms with Crippen LogP contribution in [0.15, 0.2) is 67.1 Å². The smallest absolute Gasteiger partial charge is 0.145 e. The van der Waals surface area contributed by atoms with E-state index in [9.17, 15) is 0 Å². The van der Waals surface area contributed by atoms with Crippen LogP contribution in [0.4, 0.5) is 11.5 Å². The number of nitrogens with one attached hydrogen (secondary N) is 1. The van der Waals surface area contributed by atoms with E-state index in [4.69, 9.17) is 21.1 Å². The first-order valence-corrected chi connectivity index (χ1v) is 11.6. The predicted molar refractivity (Wildman–Crippen MR) is 136 cm³/mol. The molecule has 2 aromatic heterocycles. The highest BCUT2D eigenvalue weighted by Gasteiger charge is 2.14. The van der Waals surface area contributed by atoms with E-state index in [-0.39, 0.29) is 6.10 Å². The quantitative estimate of drug-likeness (QED) is 0.313. The normalized spacial score (nSPS) is 12.0. The number of rotatable bonds is 10. The molecule has 0 aliphatic rings. The summed E-state index contributed by atoms with van der Waals surface area (Å²) in [6.07, 6.45) is 3.28. The van der Waals surface area contributed by atoms with Crippen molar-refractivity contribution >= 4 is 34.0 Å². The maximum atomic E-state index is 6.49. The average Bonchev–Trinajstić information content (AvgIpc) is 2.84. The molecule has 0 saturated carbocycles. The third kappa shape index (κ3) is 5.92. The zero-order valence-electron chi connectivity index (χ0n) is 19.5. The third-order valence-electron chi connectivity index (χ3n) is 5.36. The Kier molecular flexibility index (Phi) is 7.77. The molecule has 0 radical (unpaired) electrons. The van der Waals surface area contributed by atoms with Gasteiger partial charge in [-0.05, 0) is 63.0 Å². The fourth-order valence-electron chi connectivity index (χ4n) is 3.56. The van der Waals surface area contributed by atoms with E-state index in [0.717, 1.165) is 41.1 Å². The second-order valence-electron chi connectivity index (χ2n) is 8.04. The van der Waals surface area contributed by atoms with Crippen molar-refractivity contribution in [3.63, 3.8) is 0 Å². The number of anilines is 2. The first kappa shape index (κ1) is 23.7. The van der Waals surface area contributed by atoms with Crippen LogP contribution in [0.5, 0.6) is 11.5 Å². The van der Waals surface area contributed by atoms with E-state index in [0.29, 0.717) is 23.2 Å². The highest BCUT2D eigenvalue weighted by atomic mass is 35.5. The van der Waals surface area contributed by atoms with E-state index in [1.807, 2.05) is 54.6 Å². The lowest BCUT2D eigenvalue weighted by Crippen LogP contribution is -2.30. The van der Waals surface area contributed by atoms with Gasteiger partial charge in [0, 0.05) is 18.4 Å². The molecule has 1 atom stereocenters. The molecule has 4 rings (SSSR count). The summed E-state index contributed by atoms with van der Waals surface area (Å²) in [5.41, 5.74) is 2.41. The molecule has 0 amide bonds. The maximum Gasteiger partial charge on any atom is 0.145 e. The molecule has 176 valence electrons. The number of hydrogen-bond acceptors (Lipinski definition) is 7. The molecule has 0 aliphatic carbocycles. The summed E-state index contributed by atoms with van der Waals surface area (Å²) in [5, 5.41) is 4.67. The molecule has 0 unspecified atom stereocenters. The molecule has 8 heteroatoms. The van der Waals surface area contributed by atoms with Gasteiger partial charge in [0.15, 0.2) is 0 Å². The first-order valence-electron chi connectivity index (χ1n) is 11.2. The van der Waals surface area contributed by atoms with Crippen molar-refractivity contribution in [1.82, 2.24) is 19.9 Å². The lowest BCUT2D eigenvalue weighted by Gasteiger charge is -2.22. The third-order valence-corrected chi connectivity index (χ3v) is 5.65. The number of halogens is 1. The molecule has 0 bridgehead atoms. The van der Waals surface area contributed by atoms with Crippen molar-refractivity contribution in [2.24, 2.45) is 0 Å². The molecular weight excluding hydrogens is 450 g/mol. The van der Waals surface area contributed by atoms with Crippen LogP contribution in [0.25, 0.3) is 10.9 Å². The zero-order chi connectivity index (χ0) is 23.9. The second-order valence-corrected chi connectivity index (χ2v) is 8.44. The van der Waals surface area contributed by atoms with Crippen molar-refractivity contribution in [3.8, 4) is 11.5 Å². The van der Waals surface area contributed by atoms with Crippen LogP contribution in [-0.2, 0) is 6.61 Å². The van der Waals surface area contributed by atoms with Crippen molar-refractivity contribution in [1.29, 1.82) is 0 Å². The number of fused-ring (bicyclic) bond motifs is 1. The summed E-state index contributed by atoms with van der Waals surface area (Å²) in [7, 11) is 2.08. The fraction of sp³-hybridized carbons (Fsp3) is 0.269. The van der Waals surface area contributed by atoms with E-state index < -0.39 is 0 Å². The van der Waals surface area contributed by atoms with E-state index in [2.05, 4.69) is 46.1 Å². The summed E-state index contributed by atoms with van der Waals surface area (Å²) < 4.78 is 12.1. The van der Waals surface area contributed by atoms with Crippen molar-refractivity contribution in [2.75, 3.05) is 25.5 Å². The van der Waals surface area contributed by atoms with Crippen molar-refractivity contribution in [3.05, 3.63) is 77.8 Å². The van der Waals surface area contributed by atoms with Crippen LogP contribution in [0.1, 0.15) is 19.5 Å². The number of hydrogen-bond donors (Lipinski definition) is 1. The van der Waals surface area contributed by atoms with E-state index >= 15 is 0 Å². The molecule has 2 heterocycles. The number of likely N-dealkylation sites (N-methyl/N-ethyl adjacent to an activating group) is 1.